The Labute approximate surface area is 71.7 Å². The van der Waals surface area contributed by atoms with Crippen LogP contribution in [-0.4, -0.2) is 0 Å². The molecule has 1 heterocycles. The molecule has 2 heteroatoms. The molecular formula is C8H12S2. The Hall–Kier alpha value is 0.0500. The third-order valence-corrected chi connectivity index (χ3v) is 3.21. The van der Waals surface area contributed by atoms with E-state index in [9.17, 15) is 0 Å². The van der Waals surface area contributed by atoms with Crippen LogP contribution >= 0.6 is 24.0 Å². The molecule has 0 nitrogen and oxygen atoms in total. The highest BCUT2D eigenvalue weighted by Gasteiger charge is 2.05. The molecule has 0 fully saturated rings. The van der Waals surface area contributed by atoms with E-state index in [0.717, 1.165) is 4.21 Å². The quantitative estimate of drug-likeness (QED) is 0.616. The molecule has 0 aliphatic carbocycles. The summed E-state index contributed by atoms with van der Waals surface area (Å²) in [6.07, 6.45) is 0. The molecule has 0 atom stereocenters. The highest BCUT2D eigenvalue weighted by atomic mass is 32.2. The second-order valence-corrected chi connectivity index (χ2v) is 4.65. The van der Waals surface area contributed by atoms with Gasteiger partial charge < -0.3 is 0 Å². The zero-order valence-electron chi connectivity index (χ0n) is 6.51. The maximum Gasteiger partial charge on any atom is 0.0573 e. The highest BCUT2D eigenvalue weighted by Crippen LogP contribution is 2.30. The van der Waals surface area contributed by atoms with Gasteiger partial charge in [-0.15, -0.1) is 24.0 Å². The number of thiol groups is 1. The van der Waals surface area contributed by atoms with Crippen LogP contribution in [0.2, 0.25) is 0 Å². The Morgan fingerprint density at radius 3 is 2.30 bits per heavy atom. The van der Waals surface area contributed by atoms with Gasteiger partial charge in [0.15, 0.2) is 0 Å². The van der Waals surface area contributed by atoms with Crippen molar-refractivity contribution >= 4 is 24.0 Å². The first-order valence-corrected chi connectivity index (χ1v) is 4.67. The van der Waals surface area contributed by atoms with E-state index in [2.05, 4.69) is 39.5 Å². The molecule has 0 aliphatic heterocycles. The lowest BCUT2D eigenvalue weighted by atomic mass is 10.1. The van der Waals surface area contributed by atoms with Gasteiger partial charge in [-0.1, -0.05) is 13.8 Å². The largest absolute Gasteiger partial charge is 0.134 e. The second-order valence-electron chi connectivity index (χ2n) is 2.79. The normalized spacial score (nSPS) is 10.9. The molecule has 0 bridgehead atoms. The summed E-state index contributed by atoms with van der Waals surface area (Å²) in [5.41, 5.74) is 1.38. The van der Waals surface area contributed by atoms with Crippen molar-refractivity contribution in [3.8, 4) is 0 Å². The molecule has 56 valence electrons. The summed E-state index contributed by atoms with van der Waals surface area (Å²) < 4.78 is 1.13. The van der Waals surface area contributed by atoms with Crippen LogP contribution in [0.1, 0.15) is 30.2 Å². The van der Waals surface area contributed by atoms with Crippen molar-refractivity contribution in [3.05, 3.63) is 16.5 Å². The van der Waals surface area contributed by atoms with Gasteiger partial charge in [-0.3, -0.25) is 0 Å². The van der Waals surface area contributed by atoms with Crippen LogP contribution in [0.5, 0.6) is 0 Å². The van der Waals surface area contributed by atoms with Gasteiger partial charge in [-0.2, -0.15) is 0 Å². The van der Waals surface area contributed by atoms with E-state index in [1.54, 1.807) is 11.3 Å². The summed E-state index contributed by atoms with van der Waals surface area (Å²) in [6.45, 7) is 6.57. The van der Waals surface area contributed by atoms with Crippen LogP contribution in [0.3, 0.4) is 0 Å². The maximum atomic E-state index is 4.29. The van der Waals surface area contributed by atoms with Crippen LogP contribution in [-0.2, 0) is 0 Å². The van der Waals surface area contributed by atoms with Crippen LogP contribution in [0.15, 0.2) is 10.3 Å². The molecule has 10 heavy (non-hydrogen) atoms. The zero-order valence-corrected chi connectivity index (χ0v) is 8.22. The minimum absolute atomic E-state index is 0.644. The fourth-order valence-electron chi connectivity index (χ4n) is 1.05. The Kier molecular flexibility index (Phi) is 2.42. The van der Waals surface area contributed by atoms with Gasteiger partial charge in [0.25, 0.3) is 0 Å². The van der Waals surface area contributed by atoms with Crippen LogP contribution in [0, 0.1) is 6.92 Å². The molecule has 0 saturated carbocycles. The van der Waals surface area contributed by atoms with Gasteiger partial charge >= 0.3 is 0 Å². The number of hydrogen-bond donors (Lipinski definition) is 1. The molecule has 0 N–H and O–H groups in total. The predicted octanol–water partition coefficient (Wildman–Crippen LogP) is 3.47. The Balaban J connectivity index is 3.03. The van der Waals surface area contributed by atoms with Crippen LogP contribution < -0.4 is 0 Å². The van der Waals surface area contributed by atoms with E-state index in [1.807, 2.05) is 0 Å². The molecule has 0 saturated heterocycles. The molecular weight excluding hydrogens is 160 g/mol. The van der Waals surface area contributed by atoms with E-state index in [1.165, 1.54) is 10.4 Å². The molecule has 0 aromatic carbocycles. The van der Waals surface area contributed by atoms with Crippen molar-refractivity contribution in [2.45, 2.75) is 30.9 Å². The molecule has 0 spiro atoms. The van der Waals surface area contributed by atoms with Gasteiger partial charge in [0, 0.05) is 4.88 Å². The predicted molar refractivity (Wildman–Crippen MR) is 50.4 cm³/mol. The molecule has 0 radical (unpaired) electrons. The van der Waals surface area contributed by atoms with E-state index in [0.29, 0.717) is 5.92 Å². The summed E-state index contributed by atoms with van der Waals surface area (Å²) in [5.74, 6) is 0.644. The number of hydrogen-bond acceptors (Lipinski definition) is 2. The van der Waals surface area contributed by atoms with Gasteiger partial charge in [0.2, 0.25) is 0 Å². The summed E-state index contributed by atoms with van der Waals surface area (Å²) in [6, 6.07) is 2.13. The van der Waals surface area contributed by atoms with E-state index in [-0.39, 0.29) is 0 Å². The van der Waals surface area contributed by atoms with Crippen molar-refractivity contribution in [1.82, 2.24) is 0 Å². The summed E-state index contributed by atoms with van der Waals surface area (Å²) in [4.78, 5) is 1.46. The zero-order chi connectivity index (χ0) is 7.72. The van der Waals surface area contributed by atoms with Crippen LogP contribution in [0.4, 0.5) is 0 Å². The highest BCUT2D eigenvalue weighted by molar-refractivity contribution is 7.82. The summed E-state index contributed by atoms with van der Waals surface area (Å²) in [5, 5.41) is 0. The standard InChI is InChI=1S/C8H12S2/c1-5(2)8-6(3)4-7(9)10-8/h4-5,9H,1-3H3. The van der Waals surface area contributed by atoms with E-state index >= 15 is 0 Å². The number of thiophene rings is 1. The van der Waals surface area contributed by atoms with Crippen molar-refractivity contribution in [1.29, 1.82) is 0 Å². The molecule has 0 unspecified atom stereocenters. The van der Waals surface area contributed by atoms with Gasteiger partial charge in [-0.25, -0.2) is 0 Å². The van der Waals surface area contributed by atoms with Gasteiger partial charge in [0.1, 0.15) is 0 Å². The first-order valence-electron chi connectivity index (χ1n) is 3.40. The number of aryl methyl sites for hydroxylation is 1. The Morgan fingerprint density at radius 1 is 1.50 bits per heavy atom. The van der Waals surface area contributed by atoms with Crippen molar-refractivity contribution < 1.29 is 0 Å². The van der Waals surface area contributed by atoms with Crippen molar-refractivity contribution in [3.63, 3.8) is 0 Å². The molecule has 1 rings (SSSR count). The van der Waals surface area contributed by atoms with Gasteiger partial charge in [-0.05, 0) is 24.5 Å². The summed E-state index contributed by atoms with van der Waals surface area (Å²) in [7, 11) is 0. The lowest BCUT2D eigenvalue weighted by Gasteiger charge is -2.00. The van der Waals surface area contributed by atoms with E-state index in [4.69, 9.17) is 0 Å². The van der Waals surface area contributed by atoms with Gasteiger partial charge in [0.05, 0.1) is 4.21 Å². The lowest BCUT2D eigenvalue weighted by Crippen LogP contribution is -1.82. The minimum Gasteiger partial charge on any atom is -0.134 e. The molecule has 0 aliphatic rings. The topological polar surface area (TPSA) is 0 Å². The minimum atomic E-state index is 0.644. The first kappa shape index (κ1) is 8.15. The Bertz CT molecular complexity index is 223. The average molecular weight is 172 g/mol. The smallest absolute Gasteiger partial charge is 0.0573 e. The number of rotatable bonds is 1. The SMILES string of the molecule is Cc1cc(S)sc1C(C)C. The lowest BCUT2D eigenvalue weighted by molar-refractivity contribution is 0.881. The Morgan fingerprint density at radius 2 is 2.10 bits per heavy atom. The third kappa shape index (κ3) is 1.55. The fraction of sp³-hybridized carbons (Fsp3) is 0.500. The monoisotopic (exact) mass is 172 g/mol. The first-order chi connectivity index (χ1) is 4.61. The molecule has 1 aromatic heterocycles. The van der Waals surface area contributed by atoms with Crippen LogP contribution in [0.25, 0.3) is 0 Å². The third-order valence-electron chi connectivity index (χ3n) is 1.47. The maximum absolute atomic E-state index is 4.29. The van der Waals surface area contributed by atoms with Crippen molar-refractivity contribution in [2.24, 2.45) is 0 Å². The van der Waals surface area contributed by atoms with E-state index < -0.39 is 0 Å². The second kappa shape index (κ2) is 2.97. The summed E-state index contributed by atoms with van der Waals surface area (Å²) >= 11 is 6.07. The fourth-order valence-corrected chi connectivity index (χ4v) is 2.46. The molecule has 0 amide bonds. The average Bonchev–Trinajstić information content (AvgIpc) is 2.10. The van der Waals surface area contributed by atoms with Crippen molar-refractivity contribution in [2.75, 3.05) is 0 Å². The molecule has 1 aromatic rings.